The van der Waals surface area contributed by atoms with Crippen LogP contribution in [0.5, 0.6) is 0 Å². The largest absolute Gasteiger partial charge is 0.378 e. The summed E-state index contributed by atoms with van der Waals surface area (Å²) < 4.78 is 5.27. The van der Waals surface area contributed by atoms with E-state index >= 15 is 0 Å². The van der Waals surface area contributed by atoms with Gasteiger partial charge in [0.1, 0.15) is 0 Å². The number of thiophene rings is 1. The van der Waals surface area contributed by atoms with Gasteiger partial charge in [-0.1, -0.05) is 0 Å². The summed E-state index contributed by atoms with van der Waals surface area (Å²) in [6.07, 6.45) is 0. The predicted octanol–water partition coefficient (Wildman–Crippen LogP) is 1.20. The Labute approximate surface area is 99.7 Å². The van der Waals surface area contributed by atoms with E-state index in [1.807, 2.05) is 0 Å². The topological polar surface area (TPSA) is 50.8 Å². The van der Waals surface area contributed by atoms with E-state index in [9.17, 15) is 0 Å². The lowest BCUT2D eigenvalue weighted by Crippen LogP contribution is -2.44. The molecule has 0 unspecified atom stereocenters. The van der Waals surface area contributed by atoms with E-state index in [0.29, 0.717) is 12.5 Å². The Morgan fingerprint density at radius 1 is 1.56 bits per heavy atom. The first-order valence-electron chi connectivity index (χ1n) is 5.42. The Kier molecular flexibility index (Phi) is 3.79. The van der Waals surface area contributed by atoms with E-state index in [1.165, 1.54) is 10.4 Å². The van der Waals surface area contributed by atoms with Crippen LogP contribution in [0, 0.1) is 6.92 Å². The SMILES string of the molecule is Cc1csc(CN=C(N)N2CCOCC2)c1. The number of hydrogen-bond acceptors (Lipinski definition) is 3. The Balaban J connectivity index is 1.90. The predicted molar refractivity (Wildman–Crippen MR) is 66.8 cm³/mol. The number of nitrogens with zero attached hydrogens (tertiary/aromatic N) is 2. The van der Waals surface area contributed by atoms with Crippen LogP contribution in [0.4, 0.5) is 0 Å². The first-order valence-corrected chi connectivity index (χ1v) is 6.30. The molecule has 0 saturated carbocycles. The summed E-state index contributed by atoms with van der Waals surface area (Å²) in [4.78, 5) is 7.74. The molecule has 1 aliphatic heterocycles. The molecule has 16 heavy (non-hydrogen) atoms. The fraction of sp³-hybridized carbons (Fsp3) is 0.545. The van der Waals surface area contributed by atoms with Gasteiger partial charge in [-0.05, 0) is 23.9 Å². The summed E-state index contributed by atoms with van der Waals surface area (Å²) in [5.74, 6) is 0.634. The molecular formula is C11H17N3OS. The van der Waals surface area contributed by atoms with Crippen LogP contribution in [0.25, 0.3) is 0 Å². The maximum atomic E-state index is 5.93. The molecule has 2 heterocycles. The standard InChI is InChI=1S/C11H17N3OS/c1-9-6-10(16-8-9)7-13-11(12)14-2-4-15-5-3-14/h6,8H,2-5,7H2,1H3,(H2,12,13). The molecule has 0 bridgehead atoms. The fourth-order valence-electron chi connectivity index (χ4n) is 1.62. The molecule has 0 atom stereocenters. The van der Waals surface area contributed by atoms with Crippen molar-refractivity contribution in [2.24, 2.45) is 10.7 Å². The van der Waals surface area contributed by atoms with Crippen molar-refractivity contribution in [1.29, 1.82) is 0 Å². The maximum absolute atomic E-state index is 5.93. The van der Waals surface area contributed by atoms with Crippen LogP contribution in [-0.4, -0.2) is 37.2 Å². The second-order valence-corrected chi connectivity index (χ2v) is 4.86. The Morgan fingerprint density at radius 2 is 2.31 bits per heavy atom. The first kappa shape index (κ1) is 11.4. The zero-order valence-corrected chi connectivity index (χ0v) is 10.3. The van der Waals surface area contributed by atoms with E-state index in [0.717, 1.165) is 26.3 Å². The minimum atomic E-state index is 0.634. The Bertz CT molecular complexity index is 369. The van der Waals surface area contributed by atoms with Crippen molar-refractivity contribution in [3.63, 3.8) is 0 Å². The van der Waals surface area contributed by atoms with Gasteiger partial charge in [0.25, 0.3) is 0 Å². The van der Waals surface area contributed by atoms with Gasteiger partial charge in [0, 0.05) is 18.0 Å². The van der Waals surface area contributed by atoms with E-state index in [2.05, 4.69) is 28.3 Å². The number of hydrogen-bond donors (Lipinski definition) is 1. The Morgan fingerprint density at radius 3 is 2.94 bits per heavy atom. The lowest BCUT2D eigenvalue weighted by atomic mass is 10.3. The van der Waals surface area contributed by atoms with Crippen molar-refractivity contribution >= 4 is 17.3 Å². The molecule has 0 spiro atoms. The number of guanidine groups is 1. The summed E-state index contributed by atoms with van der Waals surface area (Å²) in [5.41, 5.74) is 7.22. The van der Waals surface area contributed by atoms with Gasteiger partial charge in [-0.2, -0.15) is 0 Å². The van der Waals surface area contributed by atoms with Crippen molar-refractivity contribution in [2.75, 3.05) is 26.3 Å². The molecule has 5 heteroatoms. The maximum Gasteiger partial charge on any atom is 0.191 e. The van der Waals surface area contributed by atoms with Crippen LogP contribution >= 0.6 is 11.3 Å². The minimum absolute atomic E-state index is 0.634. The number of morpholine rings is 1. The number of nitrogens with two attached hydrogens (primary N) is 1. The van der Waals surface area contributed by atoms with Crippen LogP contribution in [0.2, 0.25) is 0 Å². The average Bonchev–Trinajstić information content (AvgIpc) is 2.73. The van der Waals surface area contributed by atoms with Gasteiger partial charge in [0.15, 0.2) is 5.96 Å². The summed E-state index contributed by atoms with van der Waals surface area (Å²) in [7, 11) is 0. The van der Waals surface area contributed by atoms with Crippen LogP contribution in [0.3, 0.4) is 0 Å². The second kappa shape index (κ2) is 5.32. The Hall–Kier alpha value is -1.07. The van der Waals surface area contributed by atoms with Crippen molar-refractivity contribution < 1.29 is 4.74 Å². The molecule has 88 valence electrons. The molecule has 1 saturated heterocycles. The smallest absolute Gasteiger partial charge is 0.191 e. The molecule has 1 aliphatic rings. The van der Waals surface area contributed by atoms with Crippen LogP contribution in [0.15, 0.2) is 16.4 Å². The van der Waals surface area contributed by atoms with Gasteiger partial charge in [-0.3, -0.25) is 0 Å². The second-order valence-electron chi connectivity index (χ2n) is 3.86. The highest BCUT2D eigenvalue weighted by Crippen LogP contribution is 2.14. The van der Waals surface area contributed by atoms with E-state index < -0.39 is 0 Å². The van der Waals surface area contributed by atoms with Gasteiger partial charge in [-0.25, -0.2) is 4.99 Å². The highest BCUT2D eigenvalue weighted by atomic mass is 32.1. The van der Waals surface area contributed by atoms with Crippen LogP contribution in [0.1, 0.15) is 10.4 Å². The fourth-order valence-corrected chi connectivity index (χ4v) is 2.42. The molecule has 0 amide bonds. The van der Waals surface area contributed by atoms with Gasteiger partial charge in [0.2, 0.25) is 0 Å². The van der Waals surface area contributed by atoms with Crippen molar-refractivity contribution in [2.45, 2.75) is 13.5 Å². The molecule has 1 fully saturated rings. The van der Waals surface area contributed by atoms with Crippen molar-refractivity contribution in [3.05, 3.63) is 21.9 Å². The summed E-state index contributed by atoms with van der Waals surface area (Å²) in [6, 6.07) is 2.15. The van der Waals surface area contributed by atoms with Gasteiger partial charge in [-0.15, -0.1) is 11.3 Å². The van der Waals surface area contributed by atoms with E-state index in [4.69, 9.17) is 10.5 Å². The van der Waals surface area contributed by atoms with Gasteiger partial charge < -0.3 is 15.4 Å². The third-order valence-corrected chi connectivity index (χ3v) is 3.56. The average molecular weight is 239 g/mol. The van der Waals surface area contributed by atoms with E-state index in [-0.39, 0.29) is 0 Å². The number of ether oxygens (including phenoxy) is 1. The zero-order chi connectivity index (χ0) is 11.4. The quantitative estimate of drug-likeness (QED) is 0.623. The molecule has 1 aromatic heterocycles. The lowest BCUT2D eigenvalue weighted by molar-refractivity contribution is 0.0674. The molecule has 2 N–H and O–H groups in total. The lowest BCUT2D eigenvalue weighted by Gasteiger charge is -2.27. The van der Waals surface area contributed by atoms with Gasteiger partial charge >= 0.3 is 0 Å². The molecule has 0 radical (unpaired) electrons. The normalized spacial score (nSPS) is 17.8. The minimum Gasteiger partial charge on any atom is -0.378 e. The molecule has 0 aliphatic carbocycles. The zero-order valence-electron chi connectivity index (χ0n) is 9.48. The monoisotopic (exact) mass is 239 g/mol. The van der Waals surface area contributed by atoms with Crippen molar-refractivity contribution in [1.82, 2.24) is 4.90 Å². The highest BCUT2D eigenvalue weighted by molar-refractivity contribution is 7.10. The first-order chi connectivity index (χ1) is 7.75. The third-order valence-electron chi connectivity index (χ3n) is 2.52. The molecule has 0 aromatic carbocycles. The van der Waals surface area contributed by atoms with Crippen LogP contribution < -0.4 is 5.73 Å². The van der Waals surface area contributed by atoms with Crippen LogP contribution in [-0.2, 0) is 11.3 Å². The molecule has 4 nitrogen and oxygen atoms in total. The number of aliphatic imine (C=N–C) groups is 1. The summed E-state index contributed by atoms with van der Waals surface area (Å²) >= 11 is 1.73. The van der Waals surface area contributed by atoms with E-state index in [1.54, 1.807) is 11.3 Å². The third kappa shape index (κ3) is 2.96. The molecular weight excluding hydrogens is 222 g/mol. The number of aryl methyl sites for hydroxylation is 1. The summed E-state index contributed by atoms with van der Waals surface area (Å²) in [5, 5.41) is 2.13. The van der Waals surface area contributed by atoms with Crippen molar-refractivity contribution in [3.8, 4) is 0 Å². The van der Waals surface area contributed by atoms with Gasteiger partial charge in [0.05, 0.1) is 19.8 Å². The molecule has 1 aromatic rings. The molecule has 2 rings (SSSR count). The highest BCUT2D eigenvalue weighted by Gasteiger charge is 2.11. The summed E-state index contributed by atoms with van der Waals surface area (Å²) in [6.45, 7) is 5.96. The number of rotatable bonds is 2.